The van der Waals surface area contributed by atoms with Crippen LogP contribution < -0.4 is 0 Å². The van der Waals surface area contributed by atoms with Gasteiger partial charge in [-0.05, 0) is 31.2 Å². The highest BCUT2D eigenvalue weighted by molar-refractivity contribution is 7.91. The van der Waals surface area contributed by atoms with Gasteiger partial charge in [0.2, 0.25) is 0 Å². The first-order valence-corrected chi connectivity index (χ1v) is 8.33. The van der Waals surface area contributed by atoms with Crippen molar-refractivity contribution in [3.63, 3.8) is 0 Å². The molecule has 0 bridgehead atoms. The number of rotatable bonds is 4. The average Bonchev–Trinajstić information content (AvgIpc) is 2.37. The summed E-state index contributed by atoms with van der Waals surface area (Å²) < 4.78 is 29.8. The molecule has 0 N–H and O–H groups in total. The normalized spacial score (nSPS) is 21.5. The third-order valence-electron chi connectivity index (χ3n) is 3.17. The third kappa shape index (κ3) is 4.18. The molecule has 2 rings (SSSR count). The van der Waals surface area contributed by atoms with Crippen molar-refractivity contribution in [2.75, 3.05) is 32.0 Å². The molecule has 1 unspecified atom stereocenters. The van der Waals surface area contributed by atoms with E-state index in [2.05, 4.69) is 4.90 Å². The quantitative estimate of drug-likeness (QED) is 0.851. The van der Waals surface area contributed by atoms with Crippen molar-refractivity contribution in [2.24, 2.45) is 0 Å². The molecule has 1 heterocycles. The maximum absolute atomic E-state index is 12.2. The van der Waals surface area contributed by atoms with Gasteiger partial charge in [-0.1, -0.05) is 11.6 Å². The molecule has 1 atom stereocenters. The van der Waals surface area contributed by atoms with Crippen molar-refractivity contribution in [3.8, 4) is 0 Å². The van der Waals surface area contributed by atoms with E-state index in [9.17, 15) is 8.42 Å². The summed E-state index contributed by atoms with van der Waals surface area (Å²) in [6, 6.07) is 6.32. The Morgan fingerprint density at radius 1 is 1.37 bits per heavy atom. The number of sulfone groups is 1. The van der Waals surface area contributed by atoms with Gasteiger partial charge in [0.25, 0.3) is 0 Å². The van der Waals surface area contributed by atoms with Crippen LogP contribution in [0.4, 0.5) is 0 Å². The highest BCUT2D eigenvalue weighted by Gasteiger charge is 2.20. The minimum atomic E-state index is -3.24. The predicted molar refractivity (Wildman–Crippen MR) is 75.4 cm³/mol. The first kappa shape index (κ1) is 14.8. The van der Waals surface area contributed by atoms with E-state index in [0.717, 1.165) is 13.1 Å². The van der Waals surface area contributed by atoms with Crippen LogP contribution in [0.5, 0.6) is 0 Å². The molecule has 0 radical (unpaired) electrons. The Hall–Kier alpha value is -0.620. The van der Waals surface area contributed by atoms with Crippen LogP contribution in [-0.2, 0) is 14.6 Å². The Balaban J connectivity index is 1.96. The maximum atomic E-state index is 12.2. The summed E-state index contributed by atoms with van der Waals surface area (Å²) in [5, 5.41) is 0.543. The van der Waals surface area contributed by atoms with E-state index in [-0.39, 0.29) is 11.9 Å². The van der Waals surface area contributed by atoms with Gasteiger partial charge in [0.1, 0.15) is 0 Å². The van der Waals surface area contributed by atoms with E-state index in [1.807, 2.05) is 6.92 Å². The highest BCUT2D eigenvalue weighted by atomic mass is 35.5. The van der Waals surface area contributed by atoms with Crippen LogP contribution in [0.1, 0.15) is 6.92 Å². The Labute approximate surface area is 119 Å². The smallest absolute Gasteiger partial charge is 0.179 e. The Kier molecular flexibility index (Phi) is 4.84. The molecule has 19 heavy (non-hydrogen) atoms. The van der Waals surface area contributed by atoms with Crippen molar-refractivity contribution < 1.29 is 13.2 Å². The van der Waals surface area contributed by atoms with E-state index in [1.165, 1.54) is 0 Å². The molecule has 0 aliphatic carbocycles. The molecule has 1 fully saturated rings. The first-order valence-electron chi connectivity index (χ1n) is 6.30. The molecular formula is C13H18ClNO3S. The van der Waals surface area contributed by atoms with Gasteiger partial charge >= 0.3 is 0 Å². The molecule has 0 saturated carbocycles. The fourth-order valence-corrected chi connectivity index (χ4v) is 3.51. The standard InChI is InChI=1S/C13H18ClNO3S/c1-11-10-15(6-8-18-11)7-9-19(16,17)13-4-2-12(14)3-5-13/h2-5,11H,6-10H2,1H3. The summed E-state index contributed by atoms with van der Waals surface area (Å²) in [6.07, 6.45) is 0.173. The minimum absolute atomic E-state index is 0.126. The fraction of sp³-hybridized carbons (Fsp3) is 0.538. The topological polar surface area (TPSA) is 46.6 Å². The third-order valence-corrected chi connectivity index (χ3v) is 5.14. The van der Waals surface area contributed by atoms with Gasteiger partial charge in [-0.2, -0.15) is 0 Å². The van der Waals surface area contributed by atoms with Crippen LogP contribution >= 0.6 is 11.6 Å². The molecule has 0 aromatic heterocycles. The number of ether oxygens (including phenoxy) is 1. The molecule has 1 saturated heterocycles. The monoisotopic (exact) mass is 303 g/mol. The summed E-state index contributed by atoms with van der Waals surface area (Å²) >= 11 is 5.76. The van der Waals surface area contributed by atoms with Gasteiger partial charge in [-0.25, -0.2) is 8.42 Å². The van der Waals surface area contributed by atoms with Gasteiger partial charge in [0, 0.05) is 24.7 Å². The van der Waals surface area contributed by atoms with Crippen molar-refractivity contribution in [3.05, 3.63) is 29.3 Å². The van der Waals surface area contributed by atoms with Crippen LogP contribution in [0.25, 0.3) is 0 Å². The Morgan fingerprint density at radius 2 is 2.05 bits per heavy atom. The number of benzene rings is 1. The number of hydrogen-bond donors (Lipinski definition) is 0. The molecular weight excluding hydrogens is 286 g/mol. The van der Waals surface area contributed by atoms with E-state index >= 15 is 0 Å². The van der Waals surface area contributed by atoms with Gasteiger partial charge < -0.3 is 4.74 Å². The second kappa shape index (κ2) is 6.22. The van der Waals surface area contributed by atoms with Gasteiger partial charge in [-0.3, -0.25) is 4.90 Å². The molecule has 1 aromatic carbocycles. The van der Waals surface area contributed by atoms with Crippen molar-refractivity contribution in [1.82, 2.24) is 4.90 Å². The molecule has 1 aliphatic rings. The number of hydrogen-bond acceptors (Lipinski definition) is 4. The highest BCUT2D eigenvalue weighted by Crippen LogP contribution is 2.16. The molecule has 4 nitrogen and oxygen atoms in total. The van der Waals surface area contributed by atoms with Crippen LogP contribution in [-0.4, -0.2) is 51.4 Å². The lowest BCUT2D eigenvalue weighted by molar-refractivity contribution is -0.0160. The van der Waals surface area contributed by atoms with Gasteiger partial charge in [-0.15, -0.1) is 0 Å². The predicted octanol–water partition coefficient (Wildman–Crippen LogP) is 1.83. The maximum Gasteiger partial charge on any atom is 0.179 e. The molecule has 1 aliphatic heterocycles. The lowest BCUT2D eigenvalue weighted by Gasteiger charge is -2.30. The summed E-state index contributed by atoms with van der Waals surface area (Å²) in [4.78, 5) is 2.46. The molecule has 0 spiro atoms. The Bertz CT molecular complexity index is 515. The molecule has 6 heteroatoms. The van der Waals surface area contributed by atoms with Crippen molar-refractivity contribution >= 4 is 21.4 Å². The number of halogens is 1. The summed E-state index contributed by atoms with van der Waals surface area (Å²) in [6.45, 7) is 4.79. The molecule has 0 amide bonds. The second-order valence-electron chi connectivity index (χ2n) is 4.75. The summed E-state index contributed by atoms with van der Waals surface area (Å²) in [5.41, 5.74) is 0. The Morgan fingerprint density at radius 3 is 2.68 bits per heavy atom. The van der Waals surface area contributed by atoms with Crippen LogP contribution in [0.2, 0.25) is 5.02 Å². The number of nitrogens with zero attached hydrogens (tertiary/aromatic N) is 1. The van der Waals surface area contributed by atoms with E-state index in [4.69, 9.17) is 16.3 Å². The molecule has 1 aromatic rings. The lowest BCUT2D eigenvalue weighted by Crippen LogP contribution is -2.43. The van der Waals surface area contributed by atoms with Crippen molar-refractivity contribution in [1.29, 1.82) is 0 Å². The van der Waals surface area contributed by atoms with Crippen LogP contribution in [0.15, 0.2) is 29.2 Å². The van der Waals surface area contributed by atoms with Crippen LogP contribution in [0, 0.1) is 0 Å². The van der Waals surface area contributed by atoms with Gasteiger partial charge in [0.05, 0.1) is 23.4 Å². The summed E-state index contributed by atoms with van der Waals surface area (Å²) in [7, 11) is -3.24. The van der Waals surface area contributed by atoms with E-state index < -0.39 is 9.84 Å². The first-order chi connectivity index (χ1) is 8.97. The van der Waals surface area contributed by atoms with Crippen molar-refractivity contribution in [2.45, 2.75) is 17.9 Å². The SMILES string of the molecule is CC1CN(CCS(=O)(=O)c2ccc(Cl)cc2)CCO1. The van der Waals surface area contributed by atoms with Crippen LogP contribution in [0.3, 0.4) is 0 Å². The summed E-state index contributed by atoms with van der Waals surface area (Å²) in [5.74, 6) is 0.126. The zero-order valence-electron chi connectivity index (χ0n) is 10.9. The zero-order valence-corrected chi connectivity index (χ0v) is 12.5. The second-order valence-corrected chi connectivity index (χ2v) is 7.30. The largest absolute Gasteiger partial charge is 0.376 e. The fourth-order valence-electron chi connectivity index (χ4n) is 2.10. The van der Waals surface area contributed by atoms with E-state index in [0.29, 0.717) is 23.1 Å². The average molecular weight is 304 g/mol. The lowest BCUT2D eigenvalue weighted by atomic mass is 10.3. The zero-order chi connectivity index (χ0) is 13.9. The number of morpholine rings is 1. The molecule has 106 valence electrons. The minimum Gasteiger partial charge on any atom is -0.376 e. The van der Waals surface area contributed by atoms with E-state index in [1.54, 1.807) is 24.3 Å². The van der Waals surface area contributed by atoms with Gasteiger partial charge in [0.15, 0.2) is 9.84 Å².